The van der Waals surface area contributed by atoms with E-state index in [4.69, 9.17) is 14.3 Å². The predicted molar refractivity (Wildman–Crippen MR) is 58.2 cm³/mol. The summed E-state index contributed by atoms with van der Waals surface area (Å²) >= 11 is 0. The first kappa shape index (κ1) is 14.0. The Kier molecular flexibility index (Phi) is 4.47. The molecule has 0 bridgehead atoms. The molecule has 1 aliphatic heterocycles. The maximum Gasteiger partial charge on any atom is 0.187 e. The molecule has 1 unspecified atom stereocenters. The van der Waals surface area contributed by atoms with Crippen molar-refractivity contribution in [1.29, 1.82) is 0 Å². The molecule has 0 radical (unpaired) electrons. The lowest BCUT2D eigenvalue weighted by atomic mass is 10.00. The van der Waals surface area contributed by atoms with Gasteiger partial charge < -0.3 is 29.6 Å². The van der Waals surface area contributed by atoms with Crippen molar-refractivity contribution in [2.24, 2.45) is 0 Å². The highest BCUT2D eigenvalue weighted by molar-refractivity contribution is 6.69. The van der Waals surface area contributed by atoms with Gasteiger partial charge in [-0.2, -0.15) is 0 Å². The first-order valence-electron chi connectivity index (χ1n) is 5.24. The van der Waals surface area contributed by atoms with Crippen LogP contribution in [0, 0.1) is 0 Å². The van der Waals surface area contributed by atoms with Crippen molar-refractivity contribution in [3.05, 3.63) is 0 Å². The summed E-state index contributed by atoms with van der Waals surface area (Å²) < 4.78 is 10.7. The molecule has 0 spiro atoms. The molecule has 1 heterocycles. The van der Waals surface area contributed by atoms with Gasteiger partial charge in [0.05, 0.1) is 6.61 Å². The van der Waals surface area contributed by atoms with Crippen LogP contribution in [0.5, 0.6) is 0 Å². The fourth-order valence-corrected chi connectivity index (χ4v) is 2.41. The van der Waals surface area contributed by atoms with Crippen LogP contribution in [-0.2, 0) is 9.16 Å². The van der Waals surface area contributed by atoms with E-state index in [0.29, 0.717) is 0 Å². The third kappa shape index (κ3) is 3.23. The van der Waals surface area contributed by atoms with Gasteiger partial charge in [-0.05, 0) is 19.6 Å². The van der Waals surface area contributed by atoms with E-state index in [1.54, 1.807) is 0 Å². The second kappa shape index (κ2) is 5.09. The number of hydrogen-bond acceptors (Lipinski definition) is 6. The van der Waals surface area contributed by atoms with Gasteiger partial charge in [0.2, 0.25) is 0 Å². The van der Waals surface area contributed by atoms with Gasteiger partial charge in [0, 0.05) is 0 Å². The van der Waals surface area contributed by atoms with E-state index in [2.05, 4.69) is 0 Å². The van der Waals surface area contributed by atoms with Crippen LogP contribution in [0.25, 0.3) is 0 Å². The van der Waals surface area contributed by atoms with Crippen molar-refractivity contribution in [3.8, 4) is 0 Å². The number of aliphatic hydroxyl groups excluding tert-OH is 4. The van der Waals surface area contributed by atoms with E-state index in [0.717, 1.165) is 0 Å². The Morgan fingerprint density at radius 3 is 2.06 bits per heavy atom. The lowest BCUT2D eigenvalue weighted by Crippen LogP contribution is -2.60. The van der Waals surface area contributed by atoms with Gasteiger partial charge in [-0.3, -0.25) is 0 Å². The third-order valence-electron chi connectivity index (χ3n) is 2.32. The topological polar surface area (TPSA) is 99.4 Å². The molecule has 5 atom stereocenters. The van der Waals surface area contributed by atoms with Crippen LogP contribution in [0.4, 0.5) is 0 Å². The molecule has 16 heavy (non-hydrogen) atoms. The van der Waals surface area contributed by atoms with Crippen LogP contribution in [0.1, 0.15) is 0 Å². The summed E-state index contributed by atoms with van der Waals surface area (Å²) in [6, 6.07) is 0. The highest BCUT2D eigenvalue weighted by Gasteiger charge is 2.45. The van der Waals surface area contributed by atoms with Crippen molar-refractivity contribution in [2.45, 2.75) is 50.3 Å². The van der Waals surface area contributed by atoms with E-state index in [-0.39, 0.29) is 0 Å². The third-order valence-corrected chi connectivity index (χ3v) is 3.26. The van der Waals surface area contributed by atoms with Crippen LogP contribution in [0.3, 0.4) is 0 Å². The maximum atomic E-state index is 9.67. The van der Waals surface area contributed by atoms with Crippen LogP contribution >= 0.6 is 0 Å². The molecule has 96 valence electrons. The minimum Gasteiger partial charge on any atom is -0.394 e. The largest absolute Gasteiger partial charge is 0.394 e. The van der Waals surface area contributed by atoms with Crippen LogP contribution in [0.15, 0.2) is 0 Å². The molecule has 0 aliphatic carbocycles. The van der Waals surface area contributed by atoms with Crippen molar-refractivity contribution in [3.63, 3.8) is 0 Å². The van der Waals surface area contributed by atoms with E-state index in [1.807, 2.05) is 19.6 Å². The minimum absolute atomic E-state index is 0.434. The average molecular weight is 252 g/mol. The van der Waals surface area contributed by atoms with Crippen LogP contribution in [0.2, 0.25) is 19.6 Å². The Bertz CT molecular complexity index is 229. The second-order valence-electron chi connectivity index (χ2n) is 4.93. The fourth-order valence-electron chi connectivity index (χ4n) is 1.51. The molecular weight excluding hydrogens is 232 g/mol. The van der Waals surface area contributed by atoms with Crippen molar-refractivity contribution >= 4 is 8.32 Å². The van der Waals surface area contributed by atoms with Crippen molar-refractivity contribution in [1.82, 2.24) is 0 Å². The number of ether oxygens (including phenoxy) is 1. The molecule has 0 aromatic rings. The van der Waals surface area contributed by atoms with E-state index >= 15 is 0 Å². The molecule has 1 fully saturated rings. The average Bonchev–Trinajstić information content (AvgIpc) is 2.17. The van der Waals surface area contributed by atoms with E-state index < -0.39 is 45.6 Å². The van der Waals surface area contributed by atoms with E-state index in [9.17, 15) is 15.3 Å². The normalized spacial score (nSPS) is 41.1. The maximum absolute atomic E-state index is 9.67. The molecule has 0 aromatic carbocycles. The second-order valence-corrected chi connectivity index (χ2v) is 9.39. The summed E-state index contributed by atoms with van der Waals surface area (Å²) in [4.78, 5) is 0. The molecule has 7 heteroatoms. The van der Waals surface area contributed by atoms with Gasteiger partial charge in [-0.25, -0.2) is 0 Å². The lowest BCUT2D eigenvalue weighted by molar-refractivity contribution is -0.280. The first-order chi connectivity index (χ1) is 7.26. The number of rotatable bonds is 3. The highest BCUT2D eigenvalue weighted by atomic mass is 28.4. The Hall–Kier alpha value is -0.0231. The molecule has 0 aromatic heterocycles. The molecule has 4 N–H and O–H groups in total. The molecule has 0 saturated carbocycles. The van der Waals surface area contributed by atoms with Crippen molar-refractivity contribution < 1.29 is 29.6 Å². The molecular formula is C9H20O6Si. The SMILES string of the molecule is C[Si](C)(C)OC1O[C@H](CO)[C@H](O)[C@H](O)[C@H]1O. The molecule has 1 aliphatic rings. The standard InChI is InChI=1S/C9H20O6Si/c1-16(2,3)15-9-8(13)7(12)6(11)5(4-10)14-9/h5-13H,4H2,1-3H3/t5-,6+,7+,8-,9?/m1/s1. The summed E-state index contributed by atoms with van der Waals surface area (Å²) in [7, 11) is -1.94. The summed E-state index contributed by atoms with van der Waals surface area (Å²) in [5.41, 5.74) is 0. The molecule has 6 nitrogen and oxygen atoms in total. The summed E-state index contributed by atoms with van der Waals surface area (Å²) in [5, 5.41) is 37.7. The quantitative estimate of drug-likeness (QED) is 0.463. The fraction of sp³-hybridized carbons (Fsp3) is 1.00. The Balaban J connectivity index is 2.71. The summed E-state index contributed by atoms with van der Waals surface area (Å²) in [6.07, 6.45) is -5.90. The van der Waals surface area contributed by atoms with Gasteiger partial charge in [0.15, 0.2) is 14.6 Å². The summed E-state index contributed by atoms with van der Waals surface area (Å²) in [6.45, 7) is 5.30. The Morgan fingerprint density at radius 1 is 1.06 bits per heavy atom. The Labute approximate surface area is 95.6 Å². The van der Waals surface area contributed by atoms with Gasteiger partial charge in [0.1, 0.15) is 24.4 Å². The summed E-state index contributed by atoms with van der Waals surface area (Å²) in [5.74, 6) is 0. The van der Waals surface area contributed by atoms with Gasteiger partial charge in [-0.1, -0.05) is 0 Å². The van der Waals surface area contributed by atoms with Crippen LogP contribution < -0.4 is 0 Å². The molecule has 1 saturated heterocycles. The van der Waals surface area contributed by atoms with Crippen LogP contribution in [-0.4, -0.2) is 66.1 Å². The number of hydrogen-bond donors (Lipinski definition) is 4. The van der Waals surface area contributed by atoms with Crippen molar-refractivity contribution in [2.75, 3.05) is 6.61 Å². The zero-order chi connectivity index (χ0) is 12.5. The predicted octanol–water partition coefficient (Wildman–Crippen LogP) is -1.36. The van der Waals surface area contributed by atoms with Gasteiger partial charge >= 0.3 is 0 Å². The monoisotopic (exact) mass is 252 g/mol. The lowest BCUT2D eigenvalue weighted by Gasteiger charge is -2.41. The first-order valence-corrected chi connectivity index (χ1v) is 8.65. The smallest absolute Gasteiger partial charge is 0.187 e. The molecule has 0 amide bonds. The van der Waals surface area contributed by atoms with Gasteiger partial charge in [0.25, 0.3) is 0 Å². The zero-order valence-electron chi connectivity index (χ0n) is 9.70. The highest BCUT2D eigenvalue weighted by Crippen LogP contribution is 2.24. The van der Waals surface area contributed by atoms with E-state index in [1.165, 1.54) is 0 Å². The number of aliphatic hydroxyl groups is 4. The Morgan fingerprint density at radius 2 is 1.62 bits per heavy atom. The zero-order valence-corrected chi connectivity index (χ0v) is 10.7. The minimum atomic E-state index is -1.94. The molecule has 1 rings (SSSR count). The van der Waals surface area contributed by atoms with Gasteiger partial charge in [-0.15, -0.1) is 0 Å².